The fourth-order valence-corrected chi connectivity index (χ4v) is 7.19. The van der Waals surface area contributed by atoms with E-state index in [0.29, 0.717) is 42.0 Å². The van der Waals surface area contributed by atoms with Gasteiger partial charge in [-0.25, -0.2) is 0 Å². The molecular formula is C36H43N3O10S2. The maximum Gasteiger partial charge on any atom is 0.266 e. The average Bonchev–Trinajstić information content (AvgIpc) is 3.18. The van der Waals surface area contributed by atoms with Gasteiger partial charge in [-0.2, -0.15) is 8.42 Å². The summed E-state index contributed by atoms with van der Waals surface area (Å²) in [5, 5.41) is 14.4. The van der Waals surface area contributed by atoms with E-state index >= 15 is 0 Å². The number of fused-ring (bicyclic) bond motifs is 1. The molecule has 3 aromatic carbocycles. The first-order chi connectivity index (χ1) is 24.3. The maximum atomic E-state index is 14.6. The highest BCUT2D eigenvalue weighted by Gasteiger charge is 2.50. The van der Waals surface area contributed by atoms with Crippen LogP contribution in [-0.2, 0) is 29.3 Å². The number of phenolic OH excluding ortho intramolecular Hbond substituents is 1. The van der Waals surface area contributed by atoms with Crippen molar-refractivity contribution in [2.75, 3.05) is 30.9 Å². The van der Waals surface area contributed by atoms with Crippen LogP contribution in [0.15, 0.2) is 71.6 Å². The predicted molar refractivity (Wildman–Crippen MR) is 193 cm³/mol. The van der Waals surface area contributed by atoms with Gasteiger partial charge < -0.3 is 25.2 Å². The van der Waals surface area contributed by atoms with Crippen LogP contribution in [-0.4, -0.2) is 66.9 Å². The fourth-order valence-electron chi connectivity index (χ4n) is 5.72. The number of ether oxygens (including phenoxy) is 2. The lowest BCUT2D eigenvalue weighted by Gasteiger charge is -2.34. The summed E-state index contributed by atoms with van der Waals surface area (Å²) in [6.45, 7) is 3.02. The van der Waals surface area contributed by atoms with Gasteiger partial charge in [-0.15, -0.1) is 0 Å². The molecule has 51 heavy (non-hydrogen) atoms. The summed E-state index contributed by atoms with van der Waals surface area (Å²) in [5.41, 5.74) is 0.0391. The summed E-state index contributed by atoms with van der Waals surface area (Å²) < 4.78 is 42.8. The third-order valence-electron chi connectivity index (χ3n) is 8.43. The number of nitrogens with zero attached hydrogens (tertiary/aromatic N) is 1. The van der Waals surface area contributed by atoms with E-state index in [1.54, 1.807) is 29.2 Å². The zero-order valence-electron chi connectivity index (χ0n) is 28.7. The van der Waals surface area contributed by atoms with Crippen molar-refractivity contribution in [1.29, 1.82) is 0 Å². The van der Waals surface area contributed by atoms with Gasteiger partial charge in [0, 0.05) is 29.3 Å². The monoisotopic (exact) mass is 741 g/mol. The first-order valence-corrected chi connectivity index (χ1v) is 19.0. The van der Waals surface area contributed by atoms with Crippen molar-refractivity contribution in [2.24, 2.45) is 5.41 Å². The topological polar surface area (TPSA) is 189 Å². The van der Waals surface area contributed by atoms with Crippen LogP contribution < -0.4 is 25.0 Å². The highest BCUT2D eigenvalue weighted by atomic mass is 32.2. The molecule has 0 aliphatic carbocycles. The van der Waals surface area contributed by atoms with Gasteiger partial charge in [0.05, 0.1) is 18.6 Å². The molecule has 1 aliphatic heterocycles. The van der Waals surface area contributed by atoms with Gasteiger partial charge in [0.1, 0.15) is 17.2 Å². The van der Waals surface area contributed by atoms with Crippen LogP contribution in [0.4, 0.5) is 11.4 Å². The van der Waals surface area contributed by atoms with Crippen LogP contribution in [0.5, 0.6) is 17.2 Å². The van der Waals surface area contributed by atoms with Crippen molar-refractivity contribution < 1.29 is 46.7 Å². The second-order valence-electron chi connectivity index (χ2n) is 12.1. The number of unbranched alkanes of at least 4 members (excludes halogenated alkanes) is 2. The van der Waals surface area contributed by atoms with Crippen LogP contribution in [0.3, 0.4) is 0 Å². The first-order valence-electron chi connectivity index (χ1n) is 16.6. The van der Waals surface area contributed by atoms with Gasteiger partial charge in [0.15, 0.2) is 18.1 Å². The second-order valence-corrected chi connectivity index (χ2v) is 14.7. The molecule has 1 aliphatic rings. The van der Waals surface area contributed by atoms with E-state index in [-0.39, 0.29) is 33.8 Å². The summed E-state index contributed by atoms with van der Waals surface area (Å²) in [7, 11) is -2.94. The number of nitrogens with one attached hydrogen (secondary N) is 2. The molecular weight excluding hydrogens is 699 g/mol. The number of aromatic hydroxyl groups is 1. The standard InChI is InChI=1S/C36H43N3O10S2/c1-4-6-17-36(18-7-5-2)34(43)39(25-11-9-8-10-12-25)27-21-28(48-3)29(22-30(27)50-35(36)44)49-23-31(41)38-32(24-13-15-26(40)16-14-24)33(42)37-19-20-51(45,46)47/h8-16,21-22,32,40H,4-7,17-20,23H2,1-3H3,(H,37,42)(H,38,41)(H,45,46,47)/t32-/m1/s1. The van der Waals surface area contributed by atoms with Crippen molar-refractivity contribution in [3.05, 3.63) is 72.3 Å². The normalized spacial score (nSPS) is 14.6. The summed E-state index contributed by atoms with van der Waals surface area (Å²) in [6, 6.07) is 16.4. The van der Waals surface area contributed by atoms with Gasteiger partial charge in [-0.1, -0.05) is 69.9 Å². The zero-order valence-corrected chi connectivity index (χ0v) is 30.3. The van der Waals surface area contributed by atoms with Crippen molar-refractivity contribution in [2.45, 2.75) is 63.3 Å². The smallest absolute Gasteiger partial charge is 0.266 e. The summed E-state index contributed by atoms with van der Waals surface area (Å²) in [5.74, 6) is -2.32. The number of anilines is 2. The molecule has 0 fully saturated rings. The first kappa shape index (κ1) is 39.2. The van der Waals surface area contributed by atoms with Gasteiger partial charge in [-0.3, -0.25) is 28.6 Å². The summed E-state index contributed by atoms with van der Waals surface area (Å²) in [6.07, 6.45) is 3.81. The van der Waals surface area contributed by atoms with Crippen molar-refractivity contribution in [3.63, 3.8) is 0 Å². The summed E-state index contributed by atoms with van der Waals surface area (Å²) >= 11 is 0.961. The highest BCUT2D eigenvalue weighted by molar-refractivity contribution is 8.14. The largest absolute Gasteiger partial charge is 0.508 e. The number of amides is 3. The molecule has 0 spiro atoms. The molecule has 0 saturated carbocycles. The lowest BCUT2D eigenvalue weighted by atomic mass is 9.77. The number of carbonyl (C=O) groups is 4. The number of para-hydroxylation sites is 1. The van der Waals surface area contributed by atoms with E-state index in [4.69, 9.17) is 14.0 Å². The Bertz CT molecular complexity index is 1810. The lowest BCUT2D eigenvalue weighted by molar-refractivity contribution is -0.136. The number of rotatable bonds is 17. The molecule has 0 bridgehead atoms. The molecule has 1 heterocycles. The van der Waals surface area contributed by atoms with E-state index < -0.39 is 52.3 Å². The Morgan fingerprint density at radius 1 is 0.961 bits per heavy atom. The minimum Gasteiger partial charge on any atom is -0.508 e. The molecule has 0 unspecified atom stereocenters. The molecule has 1 atom stereocenters. The molecule has 0 aromatic heterocycles. The van der Waals surface area contributed by atoms with Crippen molar-refractivity contribution in [1.82, 2.24) is 10.6 Å². The molecule has 3 aromatic rings. The number of phenols is 1. The molecule has 15 heteroatoms. The Hall–Kier alpha value is -4.60. The third kappa shape index (κ3) is 9.80. The third-order valence-corrected chi connectivity index (χ3v) is 10.3. The predicted octanol–water partition coefficient (Wildman–Crippen LogP) is 5.30. The highest BCUT2D eigenvalue weighted by Crippen LogP contribution is 2.51. The van der Waals surface area contributed by atoms with Crippen LogP contribution in [0.1, 0.15) is 64.0 Å². The van der Waals surface area contributed by atoms with Gasteiger partial charge in [0.25, 0.3) is 16.0 Å². The van der Waals surface area contributed by atoms with E-state index in [9.17, 15) is 32.7 Å². The molecule has 3 amide bonds. The van der Waals surface area contributed by atoms with Crippen LogP contribution in [0, 0.1) is 5.41 Å². The fraction of sp³-hybridized carbons (Fsp3) is 0.389. The van der Waals surface area contributed by atoms with Crippen molar-refractivity contribution in [3.8, 4) is 17.2 Å². The molecule has 13 nitrogen and oxygen atoms in total. The quantitative estimate of drug-likeness (QED) is 0.104. The second kappa shape index (κ2) is 17.6. The van der Waals surface area contributed by atoms with Crippen LogP contribution in [0.25, 0.3) is 0 Å². The number of thioether (sulfide) groups is 1. The number of hydrogen-bond donors (Lipinski definition) is 4. The number of carbonyl (C=O) groups excluding carboxylic acids is 4. The average molecular weight is 742 g/mol. The van der Waals surface area contributed by atoms with Gasteiger partial charge in [-0.05, 0) is 54.4 Å². The van der Waals surface area contributed by atoms with Crippen LogP contribution in [0.2, 0.25) is 0 Å². The van der Waals surface area contributed by atoms with E-state index in [0.717, 1.165) is 24.6 Å². The Labute approximate surface area is 301 Å². The van der Waals surface area contributed by atoms with Gasteiger partial charge in [0.2, 0.25) is 16.9 Å². The molecule has 0 radical (unpaired) electrons. The van der Waals surface area contributed by atoms with E-state index in [1.807, 2.05) is 32.0 Å². The van der Waals surface area contributed by atoms with E-state index in [2.05, 4.69) is 10.6 Å². The Morgan fingerprint density at radius 2 is 1.61 bits per heavy atom. The van der Waals surface area contributed by atoms with Gasteiger partial charge >= 0.3 is 0 Å². The SMILES string of the molecule is CCCCC1(CCCC)C(=O)Sc2cc(OCC(=O)N[C@@H](C(=O)NCCS(=O)(=O)O)c3ccc(O)cc3)c(OC)cc2N(c2ccccc2)C1=O. The maximum absolute atomic E-state index is 14.6. The molecule has 274 valence electrons. The molecule has 0 saturated heterocycles. The zero-order chi connectivity index (χ0) is 37.2. The van der Waals surface area contributed by atoms with Crippen molar-refractivity contribution >= 4 is 56.1 Å². The van der Waals surface area contributed by atoms with E-state index in [1.165, 1.54) is 31.4 Å². The number of hydrogen-bond acceptors (Lipinski definition) is 10. The minimum atomic E-state index is -4.35. The van der Waals surface area contributed by atoms with Crippen LogP contribution >= 0.6 is 11.8 Å². The molecule has 4 N–H and O–H groups in total. The Kier molecular flexibility index (Phi) is 13.5. The molecule has 4 rings (SSSR count). The minimum absolute atomic E-state index is 0.0777. The lowest BCUT2D eigenvalue weighted by Crippen LogP contribution is -2.45. The number of benzene rings is 3. The summed E-state index contributed by atoms with van der Waals surface area (Å²) in [4.78, 5) is 57.0. The Balaban J connectivity index is 1.65. The Morgan fingerprint density at radius 3 is 2.20 bits per heavy atom. The number of methoxy groups -OCH3 is 1.